The number of sulfonamides is 1. The van der Waals surface area contributed by atoms with Crippen molar-refractivity contribution in [1.29, 1.82) is 0 Å². The Labute approximate surface area is 169 Å². The minimum atomic E-state index is -3.81. The van der Waals surface area contributed by atoms with Crippen LogP contribution in [0.1, 0.15) is 32.1 Å². The number of piperazine rings is 1. The molecule has 3 N–H and O–H groups in total. The number of halogens is 1. The minimum Gasteiger partial charge on any atom is -0.353 e. The molecule has 3 aliphatic rings. The third-order valence-electron chi connectivity index (χ3n) is 5.72. The summed E-state index contributed by atoms with van der Waals surface area (Å²) in [5.41, 5.74) is 0. The van der Waals surface area contributed by atoms with Crippen LogP contribution in [0.5, 0.6) is 0 Å². The molecule has 3 fully saturated rings. The van der Waals surface area contributed by atoms with Gasteiger partial charge in [-0.3, -0.25) is 14.5 Å². The van der Waals surface area contributed by atoms with Gasteiger partial charge in [0.25, 0.3) is 0 Å². The molecule has 29 heavy (non-hydrogen) atoms. The first-order valence-electron chi connectivity index (χ1n) is 9.92. The third kappa shape index (κ3) is 4.76. The van der Waals surface area contributed by atoms with Crippen LogP contribution < -0.4 is 15.4 Å². The second kappa shape index (κ2) is 8.00. The molecule has 10 heteroatoms. The number of nitrogens with zero attached hydrogens (tertiary/aromatic N) is 1. The van der Waals surface area contributed by atoms with E-state index in [4.69, 9.17) is 0 Å². The van der Waals surface area contributed by atoms with E-state index in [1.54, 1.807) is 0 Å². The third-order valence-corrected chi connectivity index (χ3v) is 7.25. The van der Waals surface area contributed by atoms with Gasteiger partial charge in [0.1, 0.15) is 5.82 Å². The summed E-state index contributed by atoms with van der Waals surface area (Å²) in [6.07, 6.45) is 3.42. The van der Waals surface area contributed by atoms with Crippen LogP contribution >= 0.6 is 0 Å². The summed E-state index contributed by atoms with van der Waals surface area (Å²) >= 11 is 0. The lowest BCUT2D eigenvalue weighted by atomic mass is 10.0. The first-order chi connectivity index (χ1) is 13.8. The van der Waals surface area contributed by atoms with Crippen LogP contribution in [0, 0.1) is 5.82 Å². The molecule has 0 bridgehead atoms. The molecule has 0 radical (unpaired) electrons. The van der Waals surface area contributed by atoms with Gasteiger partial charge in [-0.1, -0.05) is 0 Å². The van der Waals surface area contributed by atoms with Gasteiger partial charge in [0.2, 0.25) is 21.8 Å². The Morgan fingerprint density at radius 1 is 1.21 bits per heavy atom. The molecular weight excluding hydrogens is 399 g/mol. The van der Waals surface area contributed by atoms with E-state index < -0.39 is 27.9 Å². The molecule has 1 saturated carbocycles. The maximum atomic E-state index is 13.1. The van der Waals surface area contributed by atoms with Gasteiger partial charge in [0, 0.05) is 37.6 Å². The lowest BCUT2D eigenvalue weighted by molar-refractivity contribution is -0.129. The van der Waals surface area contributed by atoms with E-state index in [2.05, 4.69) is 15.4 Å². The second-order valence-corrected chi connectivity index (χ2v) is 9.71. The van der Waals surface area contributed by atoms with E-state index in [1.165, 1.54) is 12.1 Å². The molecule has 3 atom stereocenters. The fraction of sp³-hybridized carbons (Fsp3) is 0.579. The van der Waals surface area contributed by atoms with Crippen molar-refractivity contribution in [1.82, 2.24) is 20.3 Å². The zero-order chi connectivity index (χ0) is 20.6. The van der Waals surface area contributed by atoms with E-state index in [0.29, 0.717) is 38.4 Å². The Kier molecular flexibility index (Phi) is 5.58. The Morgan fingerprint density at radius 3 is 2.62 bits per heavy atom. The van der Waals surface area contributed by atoms with E-state index in [-0.39, 0.29) is 22.8 Å². The lowest BCUT2D eigenvalue weighted by Gasteiger charge is -2.37. The standard InChI is InChI=1S/C19H25FN4O4S/c20-12-1-6-16(7-2-12)29(27,28)23-14-9-17-19(26)21-10-15(24(17)11-14)5-8-18(25)22-13-3-4-13/h1-2,6-7,13-15,17,23H,3-5,8-11H2,(H,21,26)(H,22,25)/t14-,15+,17-/m0/s1. The second-order valence-electron chi connectivity index (χ2n) is 8.00. The average Bonchev–Trinajstić information content (AvgIpc) is 3.38. The van der Waals surface area contributed by atoms with Gasteiger partial charge < -0.3 is 10.6 Å². The zero-order valence-corrected chi connectivity index (χ0v) is 16.8. The van der Waals surface area contributed by atoms with E-state index in [0.717, 1.165) is 25.0 Å². The molecule has 1 aliphatic carbocycles. The van der Waals surface area contributed by atoms with Gasteiger partial charge in [-0.05, 0) is 49.9 Å². The van der Waals surface area contributed by atoms with E-state index >= 15 is 0 Å². The van der Waals surface area contributed by atoms with Crippen LogP contribution in [-0.4, -0.2) is 62.4 Å². The van der Waals surface area contributed by atoms with Gasteiger partial charge in [0.05, 0.1) is 10.9 Å². The SMILES string of the molecule is O=C(CC[C@@H]1CNC(=O)[C@@H]2C[C@H](NS(=O)(=O)c3ccc(F)cc3)CN12)NC1CC1. The number of carbonyl (C=O) groups is 2. The van der Waals surface area contributed by atoms with Crippen molar-refractivity contribution in [2.45, 2.75) is 61.2 Å². The van der Waals surface area contributed by atoms with Crippen LogP contribution in [0.4, 0.5) is 4.39 Å². The topological polar surface area (TPSA) is 108 Å². The predicted molar refractivity (Wildman–Crippen MR) is 103 cm³/mol. The molecule has 0 aromatic heterocycles. The van der Waals surface area contributed by atoms with Crippen molar-refractivity contribution < 1.29 is 22.4 Å². The van der Waals surface area contributed by atoms with Crippen molar-refractivity contribution in [2.75, 3.05) is 13.1 Å². The minimum absolute atomic E-state index is 0.0111. The maximum Gasteiger partial charge on any atom is 0.240 e. The summed E-state index contributed by atoms with van der Waals surface area (Å²) in [7, 11) is -3.81. The fourth-order valence-electron chi connectivity index (χ4n) is 4.06. The van der Waals surface area contributed by atoms with Gasteiger partial charge in [-0.15, -0.1) is 0 Å². The highest BCUT2D eigenvalue weighted by Gasteiger charge is 2.44. The maximum absolute atomic E-state index is 13.1. The summed E-state index contributed by atoms with van der Waals surface area (Å²) in [6.45, 7) is 0.844. The number of carbonyl (C=O) groups excluding carboxylic acids is 2. The molecule has 2 aliphatic heterocycles. The number of hydrogen-bond donors (Lipinski definition) is 3. The molecule has 0 unspecified atom stereocenters. The zero-order valence-electron chi connectivity index (χ0n) is 15.9. The summed E-state index contributed by atoms with van der Waals surface area (Å²) < 4.78 is 40.9. The molecule has 2 amide bonds. The molecule has 1 aromatic rings. The fourth-order valence-corrected chi connectivity index (χ4v) is 5.30. The lowest BCUT2D eigenvalue weighted by Crippen LogP contribution is -2.58. The number of fused-ring (bicyclic) bond motifs is 1. The van der Waals surface area contributed by atoms with Crippen molar-refractivity contribution >= 4 is 21.8 Å². The van der Waals surface area contributed by atoms with E-state index in [9.17, 15) is 22.4 Å². The molecular formula is C19H25FN4O4S. The monoisotopic (exact) mass is 424 g/mol. The van der Waals surface area contributed by atoms with E-state index in [1.807, 2.05) is 4.90 Å². The van der Waals surface area contributed by atoms with Crippen LogP contribution in [0.15, 0.2) is 29.2 Å². The van der Waals surface area contributed by atoms with Crippen molar-refractivity contribution in [3.05, 3.63) is 30.1 Å². The summed E-state index contributed by atoms with van der Waals surface area (Å²) in [4.78, 5) is 26.3. The van der Waals surface area contributed by atoms with Gasteiger partial charge in [-0.2, -0.15) is 0 Å². The Hall–Kier alpha value is -2.04. The Balaban J connectivity index is 1.38. The highest BCUT2D eigenvalue weighted by molar-refractivity contribution is 7.89. The quantitative estimate of drug-likeness (QED) is 0.576. The summed E-state index contributed by atoms with van der Waals surface area (Å²) in [5, 5.41) is 5.83. The van der Waals surface area contributed by atoms with Crippen molar-refractivity contribution in [3.63, 3.8) is 0 Å². The van der Waals surface area contributed by atoms with Crippen molar-refractivity contribution in [3.8, 4) is 0 Å². The largest absolute Gasteiger partial charge is 0.353 e. The Morgan fingerprint density at radius 2 is 1.93 bits per heavy atom. The van der Waals surface area contributed by atoms with Gasteiger partial charge >= 0.3 is 0 Å². The Bertz CT molecular complexity index is 888. The van der Waals surface area contributed by atoms with Gasteiger partial charge in [-0.25, -0.2) is 17.5 Å². The molecule has 8 nitrogen and oxygen atoms in total. The number of amides is 2. The number of hydrogen-bond acceptors (Lipinski definition) is 5. The summed E-state index contributed by atoms with van der Waals surface area (Å²) in [5.74, 6) is -0.604. The number of nitrogens with one attached hydrogen (secondary N) is 3. The molecule has 2 heterocycles. The van der Waals surface area contributed by atoms with Gasteiger partial charge in [0.15, 0.2) is 0 Å². The first-order valence-corrected chi connectivity index (χ1v) is 11.4. The summed E-state index contributed by atoms with van der Waals surface area (Å²) in [6, 6.07) is 4.09. The molecule has 4 rings (SSSR count). The highest BCUT2D eigenvalue weighted by atomic mass is 32.2. The normalized spacial score (nSPS) is 27.3. The number of rotatable bonds is 7. The number of benzene rings is 1. The smallest absolute Gasteiger partial charge is 0.240 e. The molecule has 0 spiro atoms. The van der Waals surface area contributed by atoms with Crippen LogP contribution in [0.3, 0.4) is 0 Å². The van der Waals surface area contributed by atoms with Crippen LogP contribution in [-0.2, 0) is 19.6 Å². The highest BCUT2D eigenvalue weighted by Crippen LogP contribution is 2.27. The average molecular weight is 424 g/mol. The molecule has 2 saturated heterocycles. The van der Waals surface area contributed by atoms with Crippen molar-refractivity contribution in [2.24, 2.45) is 0 Å². The predicted octanol–water partition coefficient (Wildman–Crippen LogP) is 0.104. The first kappa shape index (κ1) is 20.2. The molecule has 1 aromatic carbocycles. The van der Waals surface area contributed by atoms with Crippen LogP contribution in [0.25, 0.3) is 0 Å². The van der Waals surface area contributed by atoms with Crippen LogP contribution in [0.2, 0.25) is 0 Å². The molecule has 158 valence electrons.